The van der Waals surface area contributed by atoms with Crippen molar-refractivity contribution >= 4 is 35.1 Å². The van der Waals surface area contributed by atoms with Crippen molar-refractivity contribution in [3.05, 3.63) is 63.6 Å². The first-order chi connectivity index (χ1) is 8.75. The second-order valence-corrected chi connectivity index (χ2v) is 4.86. The van der Waals surface area contributed by atoms with Gasteiger partial charge in [0.15, 0.2) is 0 Å². The van der Waals surface area contributed by atoms with Gasteiger partial charge >= 0.3 is 0 Å². The van der Waals surface area contributed by atoms with Gasteiger partial charge in [-0.25, -0.2) is 0 Å². The van der Waals surface area contributed by atoms with Crippen LogP contribution in [0.15, 0.2) is 47.6 Å². The van der Waals surface area contributed by atoms with Crippen LogP contribution in [0.1, 0.15) is 11.1 Å². The van der Waals surface area contributed by atoms with E-state index in [-0.39, 0.29) is 0 Å². The molecule has 0 bridgehead atoms. The van der Waals surface area contributed by atoms with E-state index in [0.29, 0.717) is 16.6 Å². The molecule has 2 aromatic rings. The standard InChI is InChI=1S/C14H10Cl2N2/c15-12-6-3-7-13(14(12)16)18-9-11-5-2-1-4-10(11)8-17-18/h1-8H,9H2. The zero-order chi connectivity index (χ0) is 12.5. The predicted molar refractivity (Wildman–Crippen MR) is 76.7 cm³/mol. The summed E-state index contributed by atoms with van der Waals surface area (Å²) < 4.78 is 0. The lowest BCUT2D eigenvalue weighted by Crippen LogP contribution is -2.21. The van der Waals surface area contributed by atoms with E-state index in [4.69, 9.17) is 23.2 Å². The minimum Gasteiger partial charge on any atom is -0.260 e. The molecule has 0 N–H and O–H groups in total. The van der Waals surface area contributed by atoms with Crippen molar-refractivity contribution in [2.75, 3.05) is 5.01 Å². The number of hydrogen-bond acceptors (Lipinski definition) is 2. The van der Waals surface area contributed by atoms with E-state index in [1.54, 1.807) is 6.07 Å². The maximum atomic E-state index is 6.21. The van der Waals surface area contributed by atoms with E-state index >= 15 is 0 Å². The summed E-state index contributed by atoms with van der Waals surface area (Å²) >= 11 is 12.2. The Hall–Kier alpha value is -1.51. The Morgan fingerprint density at radius 1 is 1.00 bits per heavy atom. The molecule has 0 fully saturated rings. The van der Waals surface area contributed by atoms with Gasteiger partial charge in [0.25, 0.3) is 0 Å². The Labute approximate surface area is 115 Å². The molecule has 0 unspecified atom stereocenters. The van der Waals surface area contributed by atoms with Crippen molar-refractivity contribution in [2.45, 2.75) is 6.54 Å². The van der Waals surface area contributed by atoms with Crippen LogP contribution in [-0.2, 0) is 6.54 Å². The van der Waals surface area contributed by atoms with Crippen LogP contribution in [0.4, 0.5) is 5.69 Å². The highest BCUT2D eigenvalue weighted by Gasteiger charge is 2.16. The second-order valence-electron chi connectivity index (χ2n) is 4.07. The minimum atomic E-state index is 0.538. The van der Waals surface area contributed by atoms with Crippen LogP contribution >= 0.6 is 23.2 Å². The van der Waals surface area contributed by atoms with Crippen LogP contribution < -0.4 is 5.01 Å². The Bertz CT molecular complexity index is 623. The van der Waals surface area contributed by atoms with Crippen molar-refractivity contribution in [1.82, 2.24) is 0 Å². The first-order valence-electron chi connectivity index (χ1n) is 5.59. The van der Waals surface area contributed by atoms with Crippen molar-refractivity contribution in [3.63, 3.8) is 0 Å². The minimum absolute atomic E-state index is 0.538. The van der Waals surface area contributed by atoms with Crippen molar-refractivity contribution in [2.24, 2.45) is 5.10 Å². The molecule has 0 saturated carbocycles. The SMILES string of the molecule is Clc1cccc(N2Cc3ccccc3C=N2)c1Cl. The lowest BCUT2D eigenvalue weighted by molar-refractivity contribution is 0.843. The largest absolute Gasteiger partial charge is 0.260 e. The summed E-state index contributed by atoms with van der Waals surface area (Å²) in [4.78, 5) is 0. The molecule has 3 rings (SSSR count). The van der Waals surface area contributed by atoms with Gasteiger partial charge in [0, 0.05) is 0 Å². The Morgan fingerprint density at radius 3 is 2.72 bits per heavy atom. The van der Waals surface area contributed by atoms with Crippen LogP contribution in [0.2, 0.25) is 10.0 Å². The van der Waals surface area contributed by atoms with Gasteiger partial charge in [0.2, 0.25) is 0 Å². The van der Waals surface area contributed by atoms with Gasteiger partial charge in [-0.3, -0.25) is 5.01 Å². The van der Waals surface area contributed by atoms with Crippen LogP contribution in [0.25, 0.3) is 0 Å². The molecule has 0 saturated heterocycles. The molecule has 18 heavy (non-hydrogen) atoms. The second kappa shape index (κ2) is 4.63. The molecule has 1 aliphatic rings. The van der Waals surface area contributed by atoms with Crippen LogP contribution in [0, 0.1) is 0 Å². The van der Waals surface area contributed by atoms with Crippen LogP contribution in [0.5, 0.6) is 0 Å². The van der Waals surface area contributed by atoms with Gasteiger partial charge in [-0.1, -0.05) is 53.5 Å². The third-order valence-electron chi connectivity index (χ3n) is 2.92. The summed E-state index contributed by atoms with van der Waals surface area (Å²) in [7, 11) is 0. The molecular weight excluding hydrogens is 267 g/mol. The average Bonchev–Trinajstić information content (AvgIpc) is 2.41. The number of fused-ring (bicyclic) bond motifs is 1. The fourth-order valence-electron chi connectivity index (χ4n) is 1.98. The maximum absolute atomic E-state index is 6.21. The Balaban J connectivity index is 2.00. The summed E-state index contributed by atoms with van der Waals surface area (Å²) in [5.41, 5.74) is 3.20. The molecule has 2 aromatic carbocycles. The van der Waals surface area contributed by atoms with E-state index in [2.05, 4.69) is 17.2 Å². The first-order valence-corrected chi connectivity index (χ1v) is 6.35. The Kier molecular flexibility index (Phi) is 2.98. The quantitative estimate of drug-likeness (QED) is 0.756. The van der Waals surface area contributed by atoms with E-state index in [1.165, 1.54) is 5.56 Å². The van der Waals surface area contributed by atoms with Gasteiger partial charge in [-0.05, 0) is 23.3 Å². The molecule has 1 aliphatic heterocycles. The van der Waals surface area contributed by atoms with E-state index in [9.17, 15) is 0 Å². The van der Waals surface area contributed by atoms with Crippen molar-refractivity contribution in [1.29, 1.82) is 0 Å². The molecule has 0 spiro atoms. The van der Waals surface area contributed by atoms with Gasteiger partial charge in [-0.15, -0.1) is 0 Å². The highest BCUT2D eigenvalue weighted by Crippen LogP contribution is 2.34. The summed E-state index contributed by atoms with van der Waals surface area (Å²) in [6.45, 7) is 0.701. The molecule has 90 valence electrons. The topological polar surface area (TPSA) is 15.6 Å². The summed E-state index contributed by atoms with van der Waals surface area (Å²) in [5.74, 6) is 0. The maximum Gasteiger partial charge on any atom is 0.0845 e. The average molecular weight is 277 g/mol. The van der Waals surface area contributed by atoms with Gasteiger partial charge in [0.1, 0.15) is 0 Å². The number of anilines is 1. The van der Waals surface area contributed by atoms with Crippen molar-refractivity contribution < 1.29 is 0 Å². The molecule has 4 heteroatoms. The normalized spacial score (nSPS) is 13.6. The fraction of sp³-hybridized carbons (Fsp3) is 0.0714. The van der Waals surface area contributed by atoms with Gasteiger partial charge < -0.3 is 0 Å². The lowest BCUT2D eigenvalue weighted by Gasteiger charge is -2.24. The van der Waals surface area contributed by atoms with E-state index in [1.807, 2.05) is 35.5 Å². The number of halogens is 2. The smallest absolute Gasteiger partial charge is 0.0845 e. The summed E-state index contributed by atoms with van der Waals surface area (Å²) in [6.07, 6.45) is 1.84. The van der Waals surface area contributed by atoms with E-state index < -0.39 is 0 Å². The molecule has 0 aromatic heterocycles. The highest BCUT2D eigenvalue weighted by atomic mass is 35.5. The molecule has 0 radical (unpaired) electrons. The number of hydrogen-bond donors (Lipinski definition) is 0. The first kappa shape index (κ1) is 11.6. The number of rotatable bonds is 1. The molecule has 0 amide bonds. The third kappa shape index (κ3) is 1.98. The molecular formula is C14H10Cl2N2. The lowest BCUT2D eigenvalue weighted by atomic mass is 10.1. The highest BCUT2D eigenvalue weighted by molar-refractivity contribution is 6.43. The molecule has 1 heterocycles. The van der Waals surface area contributed by atoms with Crippen LogP contribution in [-0.4, -0.2) is 6.21 Å². The van der Waals surface area contributed by atoms with Crippen LogP contribution in [0.3, 0.4) is 0 Å². The summed E-state index contributed by atoms with van der Waals surface area (Å²) in [5, 5.41) is 7.35. The predicted octanol–water partition coefficient (Wildman–Crippen LogP) is 4.35. The molecule has 0 atom stereocenters. The fourth-order valence-corrected chi connectivity index (χ4v) is 2.37. The molecule has 2 nitrogen and oxygen atoms in total. The van der Waals surface area contributed by atoms with Crippen molar-refractivity contribution in [3.8, 4) is 0 Å². The molecule has 0 aliphatic carbocycles. The number of benzene rings is 2. The number of hydrazone groups is 1. The zero-order valence-electron chi connectivity index (χ0n) is 9.48. The van der Waals surface area contributed by atoms with Gasteiger partial charge in [0.05, 0.1) is 28.5 Å². The zero-order valence-corrected chi connectivity index (χ0v) is 11.0. The summed E-state index contributed by atoms with van der Waals surface area (Å²) in [6, 6.07) is 13.7. The van der Waals surface area contributed by atoms with Gasteiger partial charge in [-0.2, -0.15) is 5.10 Å². The monoisotopic (exact) mass is 276 g/mol. The van der Waals surface area contributed by atoms with E-state index in [0.717, 1.165) is 11.3 Å². The number of nitrogens with zero attached hydrogens (tertiary/aromatic N) is 2. The third-order valence-corrected chi connectivity index (χ3v) is 3.73. The Morgan fingerprint density at radius 2 is 1.83 bits per heavy atom.